The van der Waals surface area contributed by atoms with Crippen LogP contribution in [0.3, 0.4) is 0 Å². The molecule has 0 aliphatic carbocycles. The lowest BCUT2D eigenvalue weighted by Gasteiger charge is -2.05. The monoisotopic (exact) mass is 257 g/mol. The Morgan fingerprint density at radius 3 is 2.47 bits per heavy atom. The maximum Gasteiger partial charge on any atom is 0.292 e. The smallest absolute Gasteiger partial charge is 0.292 e. The van der Waals surface area contributed by atoms with Crippen molar-refractivity contribution in [2.75, 3.05) is 11.1 Å². The Hall–Kier alpha value is -2.89. The Kier molecular flexibility index (Phi) is 3.42. The van der Waals surface area contributed by atoms with Crippen LogP contribution in [0.1, 0.15) is 10.4 Å². The zero-order valence-corrected chi connectivity index (χ0v) is 9.87. The third kappa shape index (κ3) is 2.86. The first-order valence-corrected chi connectivity index (χ1v) is 5.48. The van der Waals surface area contributed by atoms with Crippen LogP contribution in [0.2, 0.25) is 0 Å². The average molecular weight is 257 g/mol. The second-order valence-corrected chi connectivity index (χ2v) is 3.85. The highest BCUT2D eigenvalue weighted by atomic mass is 16.6. The summed E-state index contributed by atoms with van der Waals surface area (Å²) in [7, 11) is 0. The third-order valence-electron chi connectivity index (χ3n) is 2.52. The van der Waals surface area contributed by atoms with E-state index in [4.69, 9.17) is 5.73 Å². The van der Waals surface area contributed by atoms with Crippen LogP contribution in [-0.2, 0) is 0 Å². The van der Waals surface area contributed by atoms with E-state index in [1.54, 1.807) is 24.3 Å². The first-order chi connectivity index (χ1) is 9.08. The Morgan fingerprint density at radius 2 is 1.84 bits per heavy atom. The summed E-state index contributed by atoms with van der Waals surface area (Å²) in [5, 5.41) is 13.4. The van der Waals surface area contributed by atoms with Crippen molar-refractivity contribution in [1.29, 1.82) is 0 Å². The number of carbonyl (C=O) groups is 1. The number of anilines is 2. The Morgan fingerprint density at radius 1 is 1.16 bits per heavy atom. The molecule has 0 spiro atoms. The number of hydrogen-bond donors (Lipinski definition) is 2. The Labute approximate surface area is 109 Å². The molecule has 0 saturated carbocycles. The van der Waals surface area contributed by atoms with Crippen LogP contribution in [0, 0.1) is 10.1 Å². The summed E-state index contributed by atoms with van der Waals surface area (Å²) >= 11 is 0. The highest BCUT2D eigenvalue weighted by Gasteiger charge is 2.15. The second-order valence-electron chi connectivity index (χ2n) is 3.85. The van der Waals surface area contributed by atoms with Gasteiger partial charge in [0.15, 0.2) is 0 Å². The lowest BCUT2D eigenvalue weighted by molar-refractivity contribution is -0.383. The van der Waals surface area contributed by atoms with Crippen molar-refractivity contribution in [3.63, 3.8) is 0 Å². The molecule has 0 aromatic heterocycles. The van der Waals surface area contributed by atoms with Crippen LogP contribution in [0.5, 0.6) is 0 Å². The normalized spacial score (nSPS) is 9.89. The van der Waals surface area contributed by atoms with Crippen LogP contribution in [0.25, 0.3) is 0 Å². The number of nitrogens with two attached hydrogens (primary N) is 1. The van der Waals surface area contributed by atoms with Gasteiger partial charge in [0.2, 0.25) is 0 Å². The number of nitrogens with zero attached hydrogens (tertiary/aromatic N) is 1. The van der Waals surface area contributed by atoms with Gasteiger partial charge in [-0.05, 0) is 24.3 Å². The van der Waals surface area contributed by atoms with Crippen molar-refractivity contribution >= 4 is 23.0 Å². The molecule has 6 heteroatoms. The maximum atomic E-state index is 11.9. The molecule has 0 atom stereocenters. The number of rotatable bonds is 3. The number of nitro benzene ring substituents is 1. The molecule has 2 aromatic rings. The van der Waals surface area contributed by atoms with Gasteiger partial charge in [-0.1, -0.05) is 18.2 Å². The first-order valence-electron chi connectivity index (χ1n) is 5.48. The summed E-state index contributed by atoms with van der Waals surface area (Å²) in [5.74, 6) is -0.422. The van der Waals surface area contributed by atoms with Crippen molar-refractivity contribution < 1.29 is 9.72 Å². The molecule has 0 aliphatic heterocycles. The minimum atomic E-state index is -0.616. The maximum absolute atomic E-state index is 11.9. The quantitative estimate of drug-likeness (QED) is 0.501. The topological polar surface area (TPSA) is 98.3 Å². The number of benzene rings is 2. The van der Waals surface area contributed by atoms with E-state index in [1.807, 2.05) is 6.07 Å². The number of amides is 1. The van der Waals surface area contributed by atoms with Gasteiger partial charge in [-0.15, -0.1) is 0 Å². The predicted octanol–water partition coefficient (Wildman–Crippen LogP) is 2.43. The molecule has 2 rings (SSSR count). The third-order valence-corrected chi connectivity index (χ3v) is 2.52. The zero-order valence-electron chi connectivity index (χ0n) is 9.87. The SMILES string of the molecule is Nc1ccc(C(=O)Nc2ccccc2)cc1[N+](=O)[O-]. The Bertz CT molecular complexity index is 626. The summed E-state index contributed by atoms with van der Waals surface area (Å²) in [5.41, 5.74) is 6.02. The molecular formula is C13H11N3O3. The first kappa shape index (κ1) is 12.6. The van der Waals surface area contributed by atoms with Gasteiger partial charge in [0.1, 0.15) is 5.69 Å². The largest absolute Gasteiger partial charge is 0.393 e. The molecule has 6 nitrogen and oxygen atoms in total. The summed E-state index contributed by atoms with van der Waals surface area (Å²) < 4.78 is 0. The van der Waals surface area contributed by atoms with Crippen LogP contribution in [-0.4, -0.2) is 10.8 Å². The van der Waals surface area contributed by atoms with Crippen LogP contribution in [0.15, 0.2) is 48.5 Å². The predicted molar refractivity (Wildman–Crippen MR) is 71.9 cm³/mol. The van der Waals surface area contributed by atoms with E-state index in [-0.39, 0.29) is 16.9 Å². The second kappa shape index (κ2) is 5.18. The Balaban J connectivity index is 2.25. The van der Waals surface area contributed by atoms with Crippen molar-refractivity contribution in [2.45, 2.75) is 0 Å². The molecule has 0 fully saturated rings. The van der Waals surface area contributed by atoms with Gasteiger partial charge in [0.25, 0.3) is 11.6 Å². The van der Waals surface area contributed by atoms with Crippen molar-refractivity contribution in [1.82, 2.24) is 0 Å². The fraction of sp³-hybridized carbons (Fsp3) is 0. The van der Waals surface area contributed by atoms with Gasteiger partial charge < -0.3 is 11.1 Å². The van der Waals surface area contributed by atoms with E-state index in [0.717, 1.165) is 6.07 Å². The summed E-state index contributed by atoms with van der Waals surface area (Å²) in [6.45, 7) is 0. The van der Waals surface area contributed by atoms with E-state index >= 15 is 0 Å². The van der Waals surface area contributed by atoms with Gasteiger partial charge in [-0.25, -0.2) is 0 Å². The summed E-state index contributed by atoms with van der Waals surface area (Å²) in [6.07, 6.45) is 0. The van der Waals surface area contributed by atoms with Gasteiger partial charge in [0, 0.05) is 17.3 Å². The number of hydrogen-bond acceptors (Lipinski definition) is 4. The van der Waals surface area contributed by atoms with Crippen molar-refractivity contribution in [2.24, 2.45) is 0 Å². The molecule has 96 valence electrons. The molecule has 3 N–H and O–H groups in total. The molecule has 0 saturated heterocycles. The standard InChI is InChI=1S/C13H11N3O3/c14-11-7-6-9(8-12(11)16(18)19)13(17)15-10-4-2-1-3-5-10/h1-8H,14H2,(H,15,17). The van der Waals surface area contributed by atoms with Crippen LogP contribution < -0.4 is 11.1 Å². The van der Waals surface area contributed by atoms with E-state index in [0.29, 0.717) is 5.69 Å². The number of para-hydroxylation sites is 1. The van der Waals surface area contributed by atoms with E-state index in [9.17, 15) is 14.9 Å². The fourth-order valence-corrected chi connectivity index (χ4v) is 1.57. The zero-order chi connectivity index (χ0) is 13.8. The lowest BCUT2D eigenvalue weighted by Crippen LogP contribution is -2.12. The van der Waals surface area contributed by atoms with Gasteiger partial charge >= 0.3 is 0 Å². The average Bonchev–Trinajstić information content (AvgIpc) is 2.40. The number of nitrogens with one attached hydrogen (secondary N) is 1. The molecule has 0 aliphatic rings. The molecule has 1 amide bonds. The van der Waals surface area contributed by atoms with E-state index in [2.05, 4.69) is 5.32 Å². The minimum Gasteiger partial charge on any atom is -0.393 e. The minimum absolute atomic E-state index is 0.0289. The number of nitrogen functional groups attached to an aromatic ring is 1. The van der Waals surface area contributed by atoms with Gasteiger partial charge in [0.05, 0.1) is 4.92 Å². The van der Waals surface area contributed by atoms with Gasteiger partial charge in [-0.2, -0.15) is 0 Å². The van der Waals surface area contributed by atoms with Crippen LogP contribution >= 0.6 is 0 Å². The molecule has 19 heavy (non-hydrogen) atoms. The molecule has 0 radical (unpaired) electrons. The number of nitro groups is 1. The molecule has 0 unspecified atom stereocenters. The van der Waals surface area contributed by atoms with Crippen molar-refractivity contribution in [3.05, 3.63) is 64.2 Å². The van der Waals surface area contributed by atoms with Crippen molar-refractivity contribution in [3.8, 4) is 0 Å². The summed E-state index contributed by atoms with van der Waals surface area (Å²) in [4.78, 5) is 22.1. The van der Waals surface area contributed by atoms with Crippen LogP contribution in [0.4, 0.5) is 17.1 Å². The van der Waals surface area contributed by atoms with Gasteiger partial charge in [-0.3, -0.25) is 14.9 Å². The number of carbonyl (C=O) groups excluding carboxylic acids is 1. The summed E-state index contributed by atoms with van der Waals surface area (Å²) in [6, 6.07) is 12.8. The molecular weight excluding hydrogens is 246 g/mol. The lowest BCUT2D eigenvalue weighted by atomic mass is 10.1. The highest BCUT2D eigenvalue weighted by molar-refractivity contribution is 6.05. The molecule has 0 bridgehead atoms. The molecule has 0 heterocycles. The molecule has 2 aromatic carbocycles. The fourth-order valence-electron chi connectivity index (χ4n) is 1.57. The van der Waals surface area contributed by atoms with E-state index in [1.165, 1.54) is 12.1 Å². The van der Waals surface area contributed by atoms with E-state index < -0.39 is 10.8 Å². The highest BCUT2D eigenvalue weighted by Crippen LogP contribution is 2.22.